The van der Waals surface area contributed by atoms with Gasteiger partial charge in [-0.3, -0.25) is 4.90 Å². The third-order valence-corrected chi connectivity index (χ3v) is 3.85. The van der Waals surface area contributed by atoms with Crippen molar-refractivity contribution >= 4 is 0 Å². The highest BCUT2D eigenvalue weighted by atomic mass is 16.5. The van der Waals surface area contributed by atoms with Gasteiger partial charge in [0.05, 0.1) is 6.10 Å². The summed E-state index contributed by atoms with van der Waals surface area (Å²) in [6.45, 7) is 7.69. The largest absolute Gasteiger partial charge is 0.492 e. The van der Waals surface area contributed by atoms with Crippen LogP contribution < -0.4 is 10.1 Å². The molecule has 0 radical (unpaired) electrons. The van der Waals surface area contributed by atoms with E-state index in [0.717, 1.165) is 45.1 Å². The zero-order valence-electron chi connectivity index (χ0n) is 13.3. The molecule has 1 fully saturated rings. The second kappa shape index (κ2) is 9.03. The SMILES string of the molecule is CCOC1CCCN(CCOc2ccc(CNC)cc2)C1. The van der Waals surface area contributed by atoms with Crippen molar-refractivity contribution in [2.45, 2.75) is 32.4 Å². The van der Waals surface area contributed by atoms with Crippen LogP contribution in [0.15, 0.2) is 24.3 Å². The minimum absolute atomic E-state index is 0.407. The molecule has 1 atom stereocenters. The van der Waals surface area contributed by atoms with Crippen LogP contribution in [-0.4, -0.2) is 50.9 Å². The van der Waals surface area contributed by atoms with Crippen molar-refractivity contribution in [1.29, 1.82) is 0 Å². The molecule has 1 N–H and O–H groups in total. The number of nitrogens with zero attached hydrogens (tertiary/aromatic N) is 1. The predicted molar refractivity (Wildman–Crippen MR) is 85.8 cm³/mol. The number of nitrogens with one attached hydrogen (secondary N) is 1. The first-order valence-corrected chi connectivity index (χ1v) is 8.02. The standard InChI is InChI=1S/C17H28N2O2/c1-3-20-17-5-4-10-19(14-17)11-12-21-16-8-6-15(7-9-16)13-18-2/h6-9,17-18H,3-5,10-14H2,1-2H3. The predicted octanol–water partition coefficient (Wildman–Crippen LogP) is 2.29. The summed E-state index contributed by atoms with van der Waals surface area (Å²) in [4.78, 5) is 2.44. The molecule has 1 unspecified atom stereocenters. The van der Waals surface area contributed by atoms with E-state index >= 15 is 0 Å². The van der Waals surface area contributed by atoms with Crippen LogP contribution in [0.5, 0.6) is 5.75 Å². The number of ether oxygens (including phenoxy) is 2. The van der Waals surface area contributed by atoms with Gasteiger partial charge in [0.1, 0.15) is 12.4 Å². The summed E-state index contributed by atoms with van der Waals surface area (Å²) in [6.07, 6.45) is 2.83. The van der Waals surface area contributed by atoms with E-state index in [9.17, 15) is 0 Å². The van der Waals surface area contributed by atoms with E-state index in [-0.39, 0.29) is 0 Å². The van der Waals surface area contributed by atoms with E-state index < -0.39 is 0 Å². The molecule has 0 saturated carbocycles. The lowest BCUT2D eigenvalue weighted by Gasteiger charge is -2.32. The van der Waals surface area contributed by atoms with Crippen LogP contribution >= 0.6 is 0 Å². The van der Waals surface area contributed by atoms with Crippen LogP contribution in [0.25, 0.3) is 0 Å². The third-order valence-electron chi connectivity index (χ3n) is 3.85. The number of likely N-dealkylation sites (tertiary alicyclic amines) is 1. The molecule has 1 aliphatic heterocycles. The second-order valence-corrected chi connectivity index (χ2v) is 5.54. The Hall–Kier alpha value is -1.10. The maximum Gasteiger partial charge on any atom is 0.119 e. The molecule has 1 saturated heterocycles. The first-order chi connectivity index (χ1) is 10.3. The van der Waals surface area contributed by atoms with E-state index in [1.807, 2.05) is 19.2 Å². The normalized spacial score (nSPS) is 19.6. The van der Waals surface area contributed by atoms with Gasteiger partial charge in [-0.15, -0.1) is 0 Å². The van der Waals surface area contributed by atoms with Crippen molar-refractivity contribution in [3.05, 3.63) is 29.8 Å². The monoisotopic (exact) mass is 292 g/mol. The highest BCUT2D eigenvalue weighted by molar-refractivity contribution is 5.27. The highest BCUT2D eigenvalue weighted by Gasteiger charge is 2.19. The van der Waals surface area contributed by atoms with Crippen LogP contribution in [0.2, 0.25) is 0 Å². The van der Waals surface area contributed by atoms with Crippen LogP contribution in [0.3, 0.4) is 0 Å². The van der Waals surface area contributed by atoms with Crippen molar-refractivity contribution in [1.82, 2.24) is 10.2 Å². The van der Waals surface area contributed by atoms with Crippen molar-refractivity contribution in [2.75, 3.05) is 39.9 Å². The fourth-order valence-corrected chi connectivity index (χ4v) is 2.79. The number of benzene rings is 1. The molecule has 0 bridgehead atoms. The number of hydrogen-bond acceptors (Lipinski definition) is 4. The van der Waals surface area contributed by atoms with Gasteiger partial charge in [-0.05, 0) is 51.1 Å². The molecule has 1 aromatic carbocycles. The maximum atomic E-state index is 5.83. The quantitative estimate of drug-likeness (QED) is 0.797. The van der Waals surface area contributed by atoms with E-state index in [1.54, 1.807) is 0 Å². The van der Waals surface area contributed by atoms with Gasteiger partial charge in [0, 0.05) is 26.2 Å². The van der Waals surface area contributed by atoms with Crippen LogP contribution in [0.4, 0.5) is 0 Å². The first-order valence-electron chi connectivity index (χ1n) is 8.02. The Balaban J connectivity index is 1.68. The van der Waals surface area contributed by atoms with E-state index in [2.05, 4.69) is 29.3 Å². The fourth-order valence-electron chi connectivity index (χ4n) is 2.79. The summed E-state index contributed by atoms with van der Waals surface area (Å²) in [5.74, 6) is 0.952. The minimum Gasteiger partial charge on any atom is -0.492 e. The summed E-state index contributed by atoms with van der Waals surface area (Å²) in [6, 6.07) is 8.31. The van der Waals surface area contributed by atoms with E-state index in [0.29, 0.717) is 6.10 Å². The molecule has 0 aromatic heterocycles. The summed E-state index contributed by atoms with van der Waals surface area (Å²) in [5, 5.41) is 3.14. The third kappa shape index (κ3) is 5.65. The molecule has 0 amide bonds. The summed E-state index contributed by atoms with van der Waals surface area (Å²) in [7, 11) is 1.96. The smallest absolute Gasteiger partial charge is 0.119 e. The van der Waals surface area contributed by atoms with E-state index in [4.69, 9.17) is 9.47 Å². The molecule has 0 aliphatic carbocycles. The van der Waals surface area contributed by atoms with Gasteiger partial charge < -0.3 is 14.8 Å². The molecule has 1 aliphatic rings. The molecule has 0 spiro atoms. The topological polar surface area (TPSA) is 33.7 Å². The molecule has 118 valence electrons. The Bertz CT molecular complexity index is 392. The molecular formula is C17H28N2O2. The molecule has 2 rings (SSSR count). The van der Waals surface area contributed by atoms with E-state index in [1.165, 1.54) is 18.4 Å². The lowest BCUT2D eigenvalue weighted by atomic mass is 10.1. The first kappa shape index (κ1) is 16.3. The van der Waals surface area contributed by atoms with Crippen LogP contribution in [0, 0.1) is 0 Å². The Morgan fingerprint density at radius 2 is 2.10 bits per heavy atom. The zero-order chi connectivity index (χ0) is 14.9. The lowest BCUT2D eigenvalue weighted by Crippen LogP contribution is -2.41. The van der Waals surface area contributed by atoms with Gasteiger partial charge in [0.2, 0.25) is 0 Å². The number of hydrogen-bond donors (Lipinski definition) is 1. The molecule has 4 heteroatoms. The molecule has 21 heavy (non-hydrogen) atoms. The van der Waals surface area contributed by atoms with Gasteiger partial charge in [-0.1, -0.05) is 12.1 Å². The zero-order valence-corrected chi connectivity index (χ0v) is 13.3. The maximum absolute atomic E-state index is 5.83. The molecule has 1 heterocycles. The second-order valence-electron chi connectivity index (χ2n) is 5.54. The number of piperidine rings is 1. The van der Waals surface area contributed by atoms with Crippen LogP contribution in [0.1, 0.15) is 25.3 Å². The van der Waals surface area contributed by atoms with Crippen LogP contribution in [-0.2, 0) is 11.3 Å². The number of rotatable bonds is 8. The minimum atomic E-state index is 0.407. The molecular weight excluding hydrogens is 264 g/mol. The van der Waals surface area contributed by atoms with Crippen molar-refractivity contribution in [3.63, 3.8) is 0 Å². The van der Waals surface area contributed by atoms with Crippen molar-refractivity contribution < 1.29 is 9.47 Å². The Morgan fingerprint density at radius 3 is 2.81 bits per heavy atom. The lowest BCUT2D eigenvalue weighted by molar-refractivity contribution is 0.00304. The van der Waals surface area contributed by atoms with Gasteiger partial charge in [-0.25, -0.2) is 0 Å². The molecule has 1 aromatic rings. The highest BCUT2D eigenvalue weighted by Crippen LogP contribution is 2.14. The Kier molecular flexibility index (Phi) is 7.00. The molecule has 4 nitrogen and oxygen atoms in total. The van der Waals surface area contributed by atoms with Gasteiger partial charge >= 0.3 is 0 Å². The van der Waals surface area contributed by atoms with Gasteiger partial charge in [0.15, 0.2) is 0 Å². The fraction of sp³-hybridized carbons (Fsp3) is 0.647. The van der Waals surface area contributed by atoms with Crippen molar-refractivity contribution in [2.24, 2.45) is 0 Å². The Labute approximate surface area is 128 Å². The van der Waals surface area contributed by atoms with Gasteiger partial charge in [0.25, 0.3) is 0 Å². The average Bonchev–Trinajstić information content (AvgIpc) is 2.50. The van der Waals surface area contributed by atoms with Crippen molar-refractivity contribution in [3.8, 4) is 5.75 Å². The Morgan fingerprint density at radius 1 is 1.29 bits per heavy atom. The van der Waals surface area contributed by atoms with Gasteiger partial charge in [-0.2, -0.15) is 0 Å². The summed E-state index contributed by atoms with van der Waals surface area (Å²) >= 11 is 0. The summed E-state index contributed by atoms with van der Waals surface area (Å²) in [5.41, 5.74) is 1.28. The average molecular weight is 292 g/mol. The summed E-state index contributed by atoms with van der Waals surface area (Å²) < 4.78 is 11.6.